The number of aliphatic hydroxyl groups is 1. The van der Waals surface area contributed by atoms with E-state index in [4.69, 9.17) is 4.74 Å². The lowest BCUT2D eigenvalue weighted by Crippen LogP contribution is -2.50. The van der Waals surface area contributed by atoms with Crippen LogP contribution in [-0.2, 0) is 21.2 Å². The van der Waals surface area contributed by atoms with Gasteiger partial charge in [-0.25, -0.2) is 8.42 Å². The molecule has 1 aliphatic rings. The molecule has 0 unspecified atom stereocenters. The summed E-state index contributed by atoms with van der Waals surface area (Å²) in [6.45, 7) is 5.61. The Morgan fingerprint density at radius 2 is 2.15 bits per heavy atom. The van der Waals surface area contributed by atoms with Gasteiger partial charge >= 0.3 is 0 Å². The SMILES string of the molecule is C/C=C/c1ccc2c(c1)O[C@@H](CN(C)C(=O)Cc1cccnc1)[C@H](C)CN([C@H](C)CO)S2(=O)=O. The first-order valence-electron chi connectivity index (χ1n) is 11.4. The monoisotopic (exact) mass is 487 g/mol. The molecule has 1 N–H and O–H groups in total. The molecular formula is C25H33N3O5S. The molecule has 0 aliphatic carbocycles. The van der Waals surface area contributed by atoms with Crippen molar-refractivity contribution in [2.75, 3.05) is 26.7 Å². The van der Waals surface area contributed by atoms with E-state index >= 15 is 0 Å². The highest BCUT2D eigenvalue weighted by atomic mass is 32.2. The largest absolute Gasteiger partial charge is 0.487 e. The van der Waals surface area contributed by atoms with Gasteiger partial charge < -0.3 is 14.7 Å². The first-order chi connectivity index (χ1) is 16.2. The molecule has 0 saturated carbocycles. The standard InChI is InChI=1S/C25H33N3O5S/c1-5-7-20-9-10-24-22(12-20)33-23(18(2)15-28(19(3)17-29)34(24,31)32)16-27(4)25(30)13-21-8-6-11-26-14-21/h5-12,14,18-19,23,29H,13,15-17H2,1-4H3/b7-5+/t18-,19-,23+/m1/s1. The summed E-state index contributed by atoms with van der Waals surface area (Å²) in [7, 11) is -2.17. The van der Waals surface area contributed by atoms with Gasteiger partial charge in [0.05, 0.1) is 19.6 Å². The van der Waals surface area contributed by atoms with Crippen molar-refractivity contribution in [3.63, 3.8) is 0 Å². The summed E-state index contributed by atoms with van der Waals surface area (Å²) in [6, 6.07) is 8.02. The summed E-state index contributed by atoms with van der Waals surface area (Å²) in [5, 5.41) is 9.75. The predicted molar refractivity (Wildman–Crippen MR) is 131 cm³/mol. The molecular weight excluding hydrogens is 454 g/mol. The summed E-state index contributed by atoms with van der Waals surface area (Å²) >= 11 is 0. The third-order valence-electron chi connectivity index (χ3n) is 6.01. The molecule has 1 aromatic heterocycles. The number of hydrogen-bond donors (Lipinski definition) is 1. The second-order valence-electron chi connectivity index (χ2n) is 8.76. The Morgan fingerprint density at radius 3 is 2.79 bits per heavy atom. The number of fused-ring (bicyclic) bond motifs is 1. The Labute approximate surface area is 201 Å². The normalized spacial score (nSPS) is 21.2. The van der Waals surface area contributed by atoms with Gasteiger partial charge in [-0.15, -0.1) is 0 Å². The fourth-order valence-electron chi connectivity index (χ4n) is 3.94. The van der Waals surface area contributed by atoms with Crippen LogP contribution in [-0.4, -0.2) is 72.5 Å². The number of aliphatic hydroxyl groups excluding tert-OH is 1. The zero-order valence-corrected chi connectivity index (χ0v) is 20.9. The highest BCUT2D eigenvalue weighted by molar-refractivity contribution is 7.89. The van der Waals surface area contributed by atoms with E-state index in [9.17, 15) is 18.3 Å². The molecule has 1 amide bonds. The zero-order chi connectivity index (χ0) is 24.9. The van der Waals surface area contributed by atoms with E-state index < -0.39 is 22.2 Å². The molecule has 0 bridgehead atoms. The molecule has 3 rings (SSSR count). The second-order valence-corrected chi connectivity index (χ2v) is 10.6. The quantitative estimate of drug-likeness (QED) is 0.644. The number of benzene rings is 1. The number of allylic oxidation sites excluding steroid dienone is 1. The van der Waals surface area contributed by atoms with Crippen molar-refractivity contribution in [3.8, 4) is 5.75 Å². The van der Waals surface area contributed by atoms with Crippen LogP contribution in [0.1, 0.15) is 31.9 Å². The van der Waals surface area contributed by atoms with Crippen LogP contribution in [0.5, 0.6) is 5.75 Å². The van der Waals surface area contributed by atoms with E-state index in [1.807, 2.05) is 32.1 Å². The Morgan fingerprint density at radius 1 is 1.38 bits per heavy atom. The molecule has 0 fully saturated rings. The van der Waals surface area contributed by atoms with Crippen LogP contribution >= 0.6 is 0 Å². The van der Waals surface area contributed by atoms with Crippen LogP contribution in [0, 0.1) is 5.92 Å². The topological polar surface area (TPSA) is 100 Å². The summed E-state index contributed by atoms with van der Waals surface area (Å²) in [5.41, 5.74) is 1.63. The van der Waals surface area contributed by atoms with Crippen molar-refractivity contribution in [1.29, 1.82) is 0 Å². The summed E-state index contributed by atoms with van der Waals surface area (Å²) < 4.78 is 34.6. The highest BCUT2D eigenvalue weighted by Gasteiger charge is 2.38. The Hall–Kier alpha value is -2.75. The number of carbonyl (C=O) groups excluding carboxylic acids is 1. The molecule has 2 aromatic rings. The minimum absolute atomic E-state index is 0.0577. The van der Waals surface area contributed by atoms with E-state index in [0.29, 0.717) is 0 Å². The predicted octanol–water partition coefficient (Wildman–Crippen LogP) is 2.58. The van der Waals surface area contributed by atoms with Crippen LogP contribution in [0.2, 0.25) is 0 Å². The molecule has 9 heteroatoms. The number of aromatic nitrogens is 1. The average molecular weight is 488 g/mol. The number of pyridine rings is 1. The number of amides is 1. The van der Waals surface area contributed by atoms with Gasteiger partial charge in [0.1, 0.15) is 16.7 Å². The van der Waals surface area contributed by atoms with Crippen molar-refractivity contribution in [2.45, 2.75) is 44.2 Å². The molecule has 34 heavy (non-hydrogen) atoms. The Balaban J connectivity index is 1.94. The number of hydrogen-bond acceptors (Lipinski definition) is 6. The third kappa shape index (κ3) is 5.84. The van der Waals surface area contributed by atoms with Crippen molar-refractivity contribution >= 4 is 22.0 Å². The van der Waals surface area contributed by atoms with E-state index in [1.54, 1.807) is 55.5 Å². The lowest BCUT2D eigenvalue weighted by atomic mass is 10.0. The average Bonchev–Trinajstić information content (AvgIpc) is 2.81. The number of likely N-dealkylation sites (N-methyl/N-ethyl adjacent to an activating group) is 1. The van der Waals surface area contributed by atoms with Crippen molar-refractivity contribution in [2.24, 2.45) is 5.92 Å². The minimum atomic E-state index is -3.89. The highest BCUT2D eigenvalue weighted by Crippen LogP contribution is 2.34. The number of carbonyl (C=O) groups is 1. The summed E-state index contributed by atoms with van der Waals surface area (Å²) in [4.78, 5) is 18.6. The van der Waals surface area contributed by atoms with Gasteiger partial charge in [-0.3, -0.25) is 9.78 Å². The maximum Gasteiger partial charge on any atom is 0.247 e. The van der Waals surface area contributed by atoms with Gasteiger partial charge in [0.15, 0.2) is 0 Å². The van der Waals surface area contributed by atoms with Crippen LogP contribution in [0.25, 0.3) is 6.08 Å². The lowest BCUT2D eigenvalue weighted by molar-refractivity contribution is -0.130. The third-order valence-corrected chi connectivity index (χ3v) is 8.03. The molecule has 184 valence electrons. The molecule has 0 spiro atoms. The molecule has 8 nitrogen and oxygen atoms in total. The van der Waals surface area contributed by atoms with Gasteiger partial charge in [0, 0.05) is 37.9 Å². The fraction of sp³-hybridized carbons (Fsp3) is 0.440. The second kappa shape index (κ2) is 11.1. The van der Waals surface area contributed by atoms with Gasteiger partial charge in [0.2, 0.25) is 15.9 Å². The van der Waals surface area contributed by atoms with Crippen LogP contribution < -0.4 is 4.74 Å². The maximum absolute atomic E-state index is 13.5. The van der Waals surface area contributed by atoms with Crippen LogP contribution in [0.15, 0.2) is 53.7 Å². The van der Waals surface area contributed by atoms with Gasteiger partial charge in [-0.1, -0.05) is 31.2 Å². The first-order valence-corrected chi connectivity index (χ1v) is 12.8. The number of nitrogens with zero attached hydrogens (tertiary/aromatic N) is 3. The summed E-state index contributed by atoms with van der Waals surface area (Å²) in [6.07, 6.45) is 6.82. The number of rotatable bonds is 7. The van der Waals surface area contributed by atoms with Gasteiger partial charge in [-0.2, -0.15) is 4.31 Å². The Bertz CT molecular complexity index is 1120. The molecule has 1 aliphatic heterocycles. The molecule has 0 radical (unpaired) electrons. The molecule has 2 heterocycles. The maximum atomic E-state index is 13.5. The van der Waals surface area contributed by atoms with E-state index in [-0.39, 0.29) is 48.6 Å². The van der Waals surface area contributed by atoms with Gasteiger partial charge in [-0.05, 0) is 43.2 Å². The zero-order valence-electron chi connectivity index (χ0n) is 20.1. The smallest absolute Gasteiger partial charge is 0.247 e. The van der Waals surface area contributed by atoms with E-state index in [0.717, 1.165) is 11.1 Å². The van der Waals surface area contributed by atoms with Crippen molar-refractivity contribution < 1.29 is 23.1 Å². The van der Waals surface area contributed by atoms with E-state index in [1.165, 1.54) is 4.31 Å². The summed E-state index contributed by atoms with van der Waals surface area (Å²) in [5.74, 6) is -0.0757. The Kier molecular flexibility index (Phi) is 8.46. The van der Waals surface area contributed by atoms with Crippen molar-refractivity contribution in [3.05, 3.63) is 59.9 Å². The van der Waals surface area contributed by atoms with Crippen molar-refractivity contribution in [1.82, 2.24) is 14.2 Å². The number of sulfonamides is 1. The molecule has 1 aromatic carbocycles. The molecule has 3 atom stereocenters. The first kappa shape index (κ1) is 25.9. The van der Waals surface area contributed by atoms with E-state index in [2.05, 4.69) is 4.98 Å². The van der Waals surface area contributed by atoms with Crippen LogP contribution in [0.3, 0.4) is 0 Å². The van der Waals surface area contributed by atoms with Crippen LogP contribution in [0.4, 0.5) is 0 Å². The lowest BCUT2D eigenvalue weighted by Gasteiger charge is -2.37. The fourth-order valence-corrected chi connectivity index (χ4v) is 5.77. The number of ether oxygens (including phenoxy) is 1. The van der Waals surface area contributed by atoms with Gasteiger partial charge in [0.25, 0.3) is 0 Å². The minimum Gasteiger partial charge on any atom is -0.487 e. The molecule has 0 saturated heterocycles.